The summed E-state index contributed by atoms with van der Waals surface area (Å²) in [6, 6.07) is 15.0. The van der Waals surface area contributed by atoms with Gasteiger partial charge in [0.05, 0.1) is 4.90 Å². The minimum atomic E-state index is -4.02. The topological polar surface area (TPSA) is 133 Å². The number of esters is 1. The first-order valence-electron chi connectivity index (χ1n) is 8.94. The summed E-state index contributed by atoms with van der Waals surface area (Å²) in [4.78, 5) is 11.5. The summed E-state index contributed by atoms with van der Waals surface area (Å²) in [5, 5.41) is 0. The van der Waals surface area contributed by atoms with Gasteiger partial charge in [0.2, 0.25) is 0 Å². The summed E-state index contributed by atoms with van der Waals surface area (Å²) in [5.41, 5.74) is 13.0. The van der Waals surface area contributed by atoms with E-state index in [1.54, 1.807) is 12.1 Å². The van der Waals surface area contributed by atoms with Crippen molar-refractivity contribution >= 4 is 28.5 Å². The molecule has 0 aliphatic rings. The maximum absolute atomic E-state index is 11.5. The van der Waals surface area contributed by atoms with E-state index in [0.717, 1.165) is 24.0 Å². The van der Waals surface area contributed by atoms with E-state index in [4.69, 9.17) is 20.8 Å². The van der Waals surface area contributed by atoms with Crippen LogP contribution in [0.1, 0.15) is 30.4 Å². The maximum Gasteiger partial charge on any atom is 0.323 e. The van der Waals surface area contributed by atoms with Gasteiger partial charge in [0.15, 0.2) is 0 Å². The van der Waals surface area contributed by atoms with Gasteiger partial charge in [-0.1, -0.05) is 54.4 Å². The number of halogens is 1. The van der Waals surface area contributed by atoms with E-state index in [1.165, 1.54) is 12.1 Å². The smallest absolute Gasteiger partial charge is 0.323 e. The lowest BCUT2D eigenvalue weighted by Crippen LogP contribution is -2.32. The fourth-order valence-corrected chi connectivity index (χ4v) is 2.65. The van der Waals surface area contributed by atoms with Gasteiger partial charge in [0, 0.05) is 0 Å². The van der Waals surface area contributed by atoms with E-state index in [-0.39, 0.29) is 29.9 Å². The van der Waals surface area contributed by atoms with Gasteiger partial charge in [-0.25, -0.2) is 0 Å². The Kier molecular flexibility index (Phi) is 13.1. The normalized spacial score (nSPS) is 11.4. The van der Waals surface area contributed by atoms with E-state index in [1.807, 2.05) is 37.3 Å². The molecule has 162 valence electrons. The number of aryl methyl sites for hydroxylation is 1. The van der Waals surface area contributed by atoms with Gasteiger partial charge in [-0.05, 0) is 44.0 Å². The summed E-state index contributed by atoms with van der Waals surface area (Å²) in [5.74, 6) is -0.342. The molecule has 0 unspecified atom stereocenters. The number of carbonyl (C=O) groups is 1. The van der Waals surface area contributed by atoms with Crippen molar-refractivity contribution in [1.82, 2.24) is 0 Å². The lowest BCUT2D eigenvalue weighted by Gasteiger charge is -2.11. The molecule has 1 atom stereocenters. The van der Waals surface area contributed by atoms with Crippen molar-refractivity contribution < 1.29 is 22.5 Å². The molecule has 0 fully saturated rings. The summed E-state index contributed by atoms with van der Waals surface area (Å²) in [7, 11) is -4.02. The van der Waals surface area contributed by atoms with Crippen LogP contribution in [0.15, 0.2) is 59.5 Å². The molecular formula is C20H29ClN2O5S. The molecule has 0 amide bonds. The largest absolute Gasteiger partial charge is 0.460 e. The molecule has 2 aromatic carbocycles. The summed E-state index contributed by atoms with van der Waals surface area (Å²) in [6.45, 7) is 2.75. The molecule has 29 heavy (non-hydrogen) atoms. The van der Waals surface area contributed by atoms with Crippen LogP contribution in [-0.4, -0.2) is 31.5 Å². The third kappa shape index (κ3) is 11.6. The quantitative estimate of drug-likeness (QED) is 0.324. The Labute approximate surface area is 178 Å². The van der Waals surface area contributed by atoms with Crippen LogP contribution in [-0.2, 0) is 26.3 Å². The van der Waals surface area contributed by atoms with E-state index < -0.39 is 16.2 Å². The molecule has 2 aromatic rings. The van der Waals surface area contributed by atoms with Crippen molar-refractivity contribution in [3.8, 4) is 0 Å². The Balaban J connectivity index is 0.000000568. The van der Waals surface area contributed by atoms with Crippen molar-refractivity contribution in [2.45, 2.75) is 43.7 Å². The highest BCUT2D eigenvalue weighted by Crippen LogP contribution is 2.08. The number of carbonyl (C=O) groups excluding carboxylic acids is 1. The number of unbranched alkanes of at least 4 members (excludes halogenated alkanes) is 1. The minimum absolute atomic E-state index is 0. The maximum atomic E-state index is 11.5. The summed E-state index contributed by atoms with van der Waals surface area (Å²) in [6.07, 6.45) is 2.38. The van der Waals surface area contributed by atoms with Crippen LogP contribution >= 0.6 is 12.4 Å². The number of nitrogens with two attached hydrogens (primary N) is 2. The molecule has 0 radical (unpaired) electrons. The highest BCUT2D eigenvalue weighted by molar-refractivity contribution is 7.85. The Morgan fingerprint density at radius 2 is 1.66 bits per heavy atom. The molecule has 9 heteroatoms. The molecular weight excluding hydrogens is 416 g/mol. The van der Waals surface area contributed by atoms with Gasteiger partial charge < -0.3 is 16.2 Å². The van der Waals surface area contributed by atoms with Crippen LogP contribution < -0.4 is 11.5 Å². The van der Waals surface area contributed by atoms with Gasteiger partial charge >= 0.3 is 5.97 Å². The van der Waals surface area contributed by atoms with Crippen LogP contribution in [0.2, 0.25) is 0 Å². The van der Waals surface area contributed by atoms with E-state index in [2.05, 4.69) is 0 Å². The zero-order valence-electron chi connectivity index (χ0n) is 16.4. The van der Waals surface area contributed by atoms with E-state index in [9.17, 15) is 13.2 Å². The molecule has 0 bridgehead atoms. The zero-order valence-corrected chi connectivity index (χ0v) is 18.0. The van der Waals surface area contributed by atoms with Crippen LogP contribution in [0.5, 0.6) is 0 Å². The second-order valence-corrected chi connectivity index (χ2v) is 7.69. The van der Waals surface area contributed by atoms with Crippen molar-refractivity contribution in [2.75, 3.05) is 6.54 Å². The molecule has 0 spiro atoms. The van der Waals surface area contributed by atoms with Crippen molar-refractivity contribution in [3.05, 3.63) is 65.7 Å². The molecule has 7 nitrogen and oxygen atoms in total. The predicted molar refractivity (Wildman–Crippen MR) is 115 cm³/mol. The highest BCUT2D eigenvalue weighted by atomic mass is 35.5. The third-order valence-corrected chi connectivity index (χ3v) is 4.68. The molecule has 0 saturated heterocycles. The standard InChI is InChI=1S/C13H20N2O2.C7H8O3S.ClH/c14-9-5-4-8-12(15)13(16)17-10-11-6-2-1-3-7-11;1-6-2-4-7(5-3-6)11(8,9)10;/h1-3,6-7,12H,4-5,8-10,14-15H2;2-5H,1H3,(H,8,9,10);1H/t12-;;/m1../s1. The third-order valence-electron chi connectivity index (χ3n) is 3.81. The first-order valence-corrected chi connectivity index (χ1v) is 10.4. The van der Waals surface area contributed by atoms with Gasteiger partial charge in [-0.15, -0.1) is 12.4 Å². The molecule has 0 aromatic heterocycles. The van der Waals surface area contributed by atoms with Gasteiger partial charge in [0.1, 0.15) is 12.6 Å². The zero-order chi connectivity index (χ0) is 21.0. The van der Waals surface area contributed by atoms with Crippen LogP contribution in [0.4, 0.5) is 0 Å². The first kappa shape index (κ1) is 27.0. The Morgan fingerprint density at radius 1 is 1.07 bits per heavy atom. The van der Waals surface area contributed by atoms with Crippen LogP contribution in [0.25, 0.3) is 0 Å². The number of benzene rings is 2. The molecule has 0 aliphatic heterocycles. The summed E-state index contributed by atoms with van der Waals surface area (Å²) < 4.78 is 34.7. The van der Waals surface area contributed by atoms with Crippen molar-refractivity contribution in [2.24, 2.45) is 11.5 Å². The monoisotopic (exact) mass is 444 g/mol. The molecule has 5 N–H and O–H groups in total. The van der Waals surface area contributed by atoms with E-state index >= 15 is 0 Å². The van der Waals surface area contributed by atoms with Crippen molar-refractivity contribution in [3.63, 3.8) is 0 Å². The number of hydrogen-bond donors (Lipinski definition) is 3. The first-order chi connectivity index (χ1) is 13.2. The average Bonchev–Trinajstić information content (AvgIpc) is 2.67. The number of hydrogen-bond acceptors (Lipinski definition) is 6. The van der Waals surface area contributed by atoms with Crippen LogP contribution in [0.3, 0.4) is 0 Å². The van der Waals surface area contributed by atoms with E-state index in [0.29, 0.717) is 13.0 Å². The van der Waals surface area contributed by atoms with Gasteiger partial charge in [-0.2, -0.15) is 8.42 Å². The Bertz CT molecular complexity index is 815. The lowest BCUT2D eigenvalue weighted by molar-refractivity contribution is -0.146. The molecule has 0 heterocycles. The second kappa shape index (κ2) is 14.1. The second-order valence-electron chi connectivity index (χ2n) is 6.27. The fourth-order valence-electron chi connectivity index (χ4n) is 2.17. The summed E-state index contributed by atoms with van der Waals surface area (Å²) >= 11 is 0. The lowest BCUT2D eigenvalue weighted by atomic mass is 10.1. The number of ether oxygens (including phenoxy) is 1. The molecule has 2 rings (SSSR count). The van der Waals surface area contributed by atoms with Crippen LogP contribution in [0, 0.1) is 6.92 Å². The number of rotatable bonds is 8. The minimum Gasteiger partial charge on any atom is -0.460 e. The average molecular weight is 445 g/mol. The van der Waals surface area contributed by atoms with Crippen molar-refractivity contribution in [1.29, 1.82) is 0 Å². The predicted octanol–water partition coefficient (Wildman–Crippen LogP) is 2.85. The highest BCUT2D eigenvalue weighted by Gasteiger charge is 2.14. The Hall–Kier alpha value is -1.97. The SMILES string of the molecule is Cc1ccc(S(=O)(=O)O)cc1.Cl.NCCCC[C@@H](N)C(=O)OCc1ccccc1. The fraction of sp³-hybridized carbons (Fsp3) is 0.350. The van der Waals surface area contributed by atoms with Gasteiger partial charge in [0.25, 0.3) is 10.1 Å². The van der Waals surface area contributed by atoms with Gasteiger partial charge in [-0.3, -0.25) is 9.35 Å². The molecule has 0 aliphatic carbocycles. The Morgan fingerprint density at radius 3 is 2.17 bits per heavy atom. The molecule has 0 saturated carbocycles.